The van der Waals surface area contributed by atoms with Gasteiger partial charge >= 0.3 is 11.7 Å². The van der Waals surface area contributed by atoms with Gasteiger partial charge in [-0.05, 0) is 47.9 Å². The minimum Gasteiger partial charge on any atom is -0.497 e. The van der Waals surface area contributed by atoms with E-state index in [-0.39, 0.29) is 19.8 Å². The van der Waals surface area contributed by atoms with Crippen molar-refractivity contribution < 1.29 is 38.0 Å². The lowest BCUT2D eigenvalue weighted by Gasteiger charge is -2.37. The van der Waals surface area contributed by atoms with E-state index in [9.17, 15) is 9.59 Å². The quantitative estimate of drug-likeness (QED) is 0.0878. The number of carbonyl (C=O) groups is 1. The van der Waals surface area contributed by atoms with Crippen LogP contribution in [0.1, 0.15) is 35.4 Å². The summed E-state index contributed by atoms with van der Waals surface area (Å²) < 4.78 is 44.9. The SMILES string of the molecule is COCCO[C@H]1[C@@H](OC(C)=O)[C@@H](COC(c2ccccc2)(c2ccc(OC)cc2)c2ccc(OC)cc2)O[C@@H]1n1cc(C)c(-n2cncn2)nc1=O. The number of methoxy groups -OCH3 is 3. The highest BCUT2D eigenvalue weighted by Crippen LogP contribution is 2.43. The fourth-order valence-corrected chi connectivity index (χ4v) is 6.42. The third-order valence-corrected chi connectivity index (χ3v) is 8.84. The normalized spacial score (nSPS) is 18.6. The molecule has 1 aliphatic heterocycles. The Balaban J connectivity index is 1.44. The van der Waals surface area contributed by atoms with Crippen LogP contribution in [0.2, 0.25) is 0 Å². The average Bonchev–Trinajstić information content (AvgIpc) is 3.82. The van der Waals surface area contributed by atoms with E-state index in [4.69, 9.17) is 33.2 Å². The molecule has 2 aromatic heterocycles. The molecule has 14 nitrogen and oxygen atoms in total. The van der Waals surface area contributed by atoms with Crippen LogP contribution >= 0.6 is 0 Å². The molecule has 0 unspecified atom stereocenters. The number of benzene rings is 3. The van der Waals surface area contributed by atoms with Gasteiger partial charge in [-0.3, -0.25) is 9.36 Å². The van der Waals surface area contributed by atoms with Crippen molar-refractivity contribution in [1.29, 1.82) is 0 Å². The molecule has 1 fully saturated rings. The number of esters is 1. The summed E-state index contributed by atoms with van der Waals surface area (Å²) in [5, 5.41) is 4.12. The molecule has 0 bridgehead atoms. The third-order valence-electron chi connectivity index (χ3n) is 8.84. The first kappa shape index (κ1) is 36.4. The summed E-state index contributed by atoms with van der Waals surface area (Å²) in [4.78, 5) is 34.5. The van der Waals surface area contributed by atoms with Gasteiger partial charge in [0.25, 0.3) is 0 Å². The summed E-state index contributed by atoms with van der Waals surface area (Å²) in [6.07, 6.45) is 0.555. The Morgan fingerprint density at radius 3 is 2.06 bits per heavy atom. The van der Waals surface area contributed by atoms with E-state index in [0.29, 0.717) is 22.9 Å². The van der Waals surface area contributed by atoms with Crippen molar-refractivity contribution in [3.05, 3.63) is 130 Å². The van der Waals surface area contributed by atoms with E-state index >= 15 is 0 Å². The molecular weight excluding hydrogens is 670 g/mol. The van der Waals surface area contributed by atoms with Crippen LogP contribution in [0.4, 0.5) is 0 Å². The molecule has 0 spiro atoms. The van der Waals surface area contributed by atoms with Crippen LogP contribution in [0.15, 0.2) is 103 Å². The zero-order valence-corrected chi connectivity index (χ0v) is 29.6. The van der Waals surface area contributed by atoms with Gasteiger partial charge in [0.15, 0.2) is 18.1 Å². The van der Waals surface area contributed by atoms with E-state index < -0.39 is 41.8 Å². The second-order valence-corrected chi connectivity index (χ2v) is 12.1. The molecule has 3 aromatic carbocycles. The first-order chi connectivity index (χ1) is 25.3. The Morgan fingerprint density at radius 2 is 1.50 bits per heavy atom. The van der Waals surface area contributed by atoms with Gasteiger partial charge in [-0.2, -0.15) is 10.1 Å². The number of ether oxygens (including phenoxy) is 7. The Hall–Kier alpha value is -5.41. The van der Waals surface area contributed by atoms with Gasteiger partial charge in [-0.1, -0.05) is 54.6 Å². The van der Waals surface area contributed by atoms with Crippen molar-refractivity contribution in [2.45, 2.75) is 44.0 Å². The molecule has 6 rings (SSSR count). The van der Waals surface area contributed by atoms with Crippen LogP contribution < -0.4 is 15.2 Å². The largest absolute Gasteiger partial charge is 0.497 e. The predicted molar refractivity (Wildman–Crippen MR) is 187 cm³/mol. The maximum absolute atomic E-state index is 13.6. The highest BCUT2D eigenvalue weighted by atomic mass is 16.6. The van der Waals surface area contributed by atoms with Gasteiger partial charge in [0.05, 0.1) is 34.0 Å². The van der Waals surface area contributed by atoms with E-state index in [0.717, 1.165) is 16.7 Å². The van der Waals surface area contributed by atoms with Crippen molar-refractivity contribution >= 4 is 5.97 Å². The smallest absolute Gasteiger partial charge is 0.351 e. The van der Waals surface area contributed by atoms with Crippen LogP contribution in [0.25, 0.3) is 5.82 Å². The second-order valence-electron chi connectivity index (χ2n) is 12.1. The monoisotopic (exact) mass is 711 g/mol. The van der Waals surface area contributed by atoms with Crippen LogP contribution in [0.3, 0.4) is 0 Å². The molecule has 14 heteroatoms. The highest BCUT2D eigenvalue weighted by Gasteiger charge is 2.51. The molecule has 5 aromatic rings. The van der Waals surface area contributed by atoms with Gasteiger partial charge in [0.1, 0.15) is 42.0 Å². The molecule has 3 heterocycles. The van der Waals surface area contributed by atoms with Gasteiger partial charge < -0.3 is 33.2 Å². The summed E-state index contributed by atoms with van der Waals surface area (Å²) in [7, 11) is 4.77. The van der Waals surface area contributed by atoms with Gasteiger partial charge in [-0.15, -0.1) is 0 Å². The summed E-state index contributed by atoms with van der Waals surface area (Å²) >= 11 is 0. The molecular formula is C38H41N5O9. The maximum Gasteiger partial charge on any atom is 0.351 e. The molecule has 0 amide bonds. The number of aromatic nitrogens is 5. The fourth-order valence-electron chi connectivity index (χ4n) is 6.42. The van der Waals surface area contributed by atoms with E-state index in [1.807, 2.05) is 78.9 Å². The standard InChI is InChI=1S/C38H41N5O9/c1-25-21-42(37(45)41-35(25)43-24-39-23-40-43)36-34(49-20-19-46-3)33(51-26(2)44)32(52-36)22-50-38(27-9-7-6-8-10-27,28-11-15-30(47-4)16-12-28)29-13-17-31(48-5)18-14-29/h6-18,21,23-24,32-34,36H,19-20,22H2,1-5H3/t32-,33+,34+,36+/m1/s1. The van der Waals surface area contributed by atoms with Crippen molar-refractivity contribution in [3.63, 3.8) is 0 Å². The minimum atomic E-state index is -1.19. The molecule has 272 valence electrons. The van der Waals surface area contributed by atoms with Gasteiger partial charge in [0.2, 0.25) is 0 Å². The maximum atomic E-state index is 13.6. The van der Waals surface area contributed by atoms with Crippen molar-refractivity contribution in [3.8, 4) is 17.3 Å². The van der Waals surface area contributed by atoms with Crippen LogP contribution in [0, 0.1) is 6.92 Å². The molecule has 0 radical (unpaired) electrons. The first-order valence-corrected chi connectivity index (χ1v) is 16.7. The first-order valence-electron chi connectivity index (χ1n) is 16.7. The van der Waals surface area contributed by atoms with Crippen molar-refractivity contribution in [2.24, 2.45) is 0 Å². The summed E-state index contributed by atoms with van der Waals surface area (Å²) in [6.45, 7) is 3.39. The summed E-state index contributed by atoms with van der Waals surface area (Å²) in [6, 6.07) is 25.0. The number of nitrogens with zero attached hydrogens (tertiary/aromatic N) is 5. The molecule has 0 saturated carbocycles. The predicted octanol–water partition coefficient (Wildman–Crippen LogP) is 4.02. The second kappa shape index (κ2) is 16.3. The Labute approximate surface area is 300 Å². The number of hydrogen-bond donors (Lipinski definition) is 0. The van der Waals surface area contributed by atoms with Gasteiger partial charge in [-0.25, -0.2) is 14.5 Å². The highest BCUT2D eigenvalue weighted by molar-refractivity contribution is 5.66. The molecule has 52 heavy (non-hydrogen) atoms. The summed E-state index contributed by atoms with van der Waals surface area (Å²) in [5.74, 6) is 1.12. The third kappa shape index (κ3) is 7.46. The van der Waals surface area contributed by atoms with Gasteiger partial charge in [0, 0.05) is 25.8 Å². The molecule has 0 aliphatic carbocycles. The number of hydrogen-bond acceptors (Lipinski definition) is 12. The molecule has 4 atom stereocenters. The van der Waals surface area contributed by atoms with Crippen molar-refractivity contribution in [1.82, 2.24) is 24.3 Å². The molecule has 0 N–H and O–H groups in total. The lowest BCUT2D eigenvalue weighted by molar-refractivity contribution is -0.158. The lowest BCUT2D eigenvalue weighted by Crippen LogP contribution is -2.43. The molecule has 1 aliphatic rings. The van der Waals surface area contributed by atoms with Crippen LogP contribution in [0.5, 0.6) is 11.5 Å². The van der Waals surface area contributed by atoms with E-state index in [1.165, 1.54) is 28.8 Å². The van der Waals surface area contributed by atoms with E-state index in [2.05, 4.69) is 15.1 Å². The zero-order chi connectivity index (χ0) is 36.7. The van der Waals surface area contributed by atoms with E-state index in [1.54, 1.807) is 34.4 Å². The number of aryl methyl sites for hydroxylation is 1. The molecule has 1 saturated heterocycles. The Bertz CT molecular complexity index is 1920. The Morgan fingerprint density at radius 1 is 0.865 bits per heavy atom. The van der Waals surface area contributed by atoms with Crippen molar-refractivity contribution in [2.75, 3.05) is 41.2 Å². The number of carbonyl (C=O) groups excluding carboxylic acids is 1. The summed E-state index contributed by atoms with van der Waals surface area (Å²) in [5.41, 5.74) is 1.24. The lowest BCUT2D eigenvalue weighted by atomic mass is 9.80. The number of rotatable bonds is 15. The zero-order valence-electron chi connectivity index (χ0n) is 29.6. The fraction of sp³-hybridized carbons (Fsp3) is 0.342. The average molecular weight is 712 g/mol. The Kier molecular flexibility index (Phi) is 11.4. The van der Waals surface area contributed by atoms with Crippen LogP contribution in [-0.2, 0) is 34.1 Å². The minimum absolute atomic E-state index is 0.0935. The van der Waals surface area contributed by atoms with Crippen LogP contribution in [-0.4, -0.2) is 89.7 Å². The topological polar surface area (TPSA) is 147 Å².